The Balaban J connectivity index is 2.11. The van der Waals surface area contributed by atoms with Gasteiger partial charge in [-0.15, -0.1) is 0 Å². The van der Waals surface area contributed by atoms with Gasteiger partial charge in [0.25, 0.3) is 0 Å². The lowest BCUT2D eigenvalue weighted by molar-refractivity contribution is -0.137. The van der Waals surface area contributed by atoms with Gasteiger partial charge in [-0.25, -0.2) is 4.79 Å². The van der Waals surface area contributed by atoms with Crippen LogP contribution in [0.15, 0.2) is 30.3 Å². The summed E-state index contributed by atoms with van der Waals surface area (Å²) in [5, 5.41) is 0. The van der Waals surface area contributed by atoms with Crippen LogP contribution in [0.5, 0.6) is 0 Å². The number of ether oxygens (including phenoxy) is 1. The van der Waals surface area contributed by atoms with Crippen LogP contribution in [-0.2, 0) is 14.3 Å². The molecule has 1 aliphatic heterocycles. The van der Waals surface area contributed by atoms with E-state index < -0.39 is 0 Å². The minimum atomic E-state index is -0.356. The van der Waals surface area contributed by atoms with E-state index in [-0.39, 0.29) is 11.9 Å². The fourth-order valence-electron chi connectivity index (χ4n) is 2.07. The summed E-state index contributed by atoms with van der Waals surface area (Å²) in [6.45, 7) is 2.90. The number of carbonyl (C=O) groups excluding carboxylic acids is 2. The highest BCUT2D eigenvalue weighted by molar-refractivity contribution is 5.95. The van der Waals surface area contributed by atoms with Crippen molar-refractivity contribution >= 4 is 23.6 Å². The SMILES string of the molecule is CCOC(=O)/C=C/c1cccc(N2CCCC2=O)c1. The Morgan fingerprint density at radius 1 is 1.47 bits per heavy atom. The van der Waals surface area contributed by atoms with Gasteiger partial charge in [-0.3, -0.25) is 4.79 Å². The quantitative estimate of drug-likeness (QED) is 0.616. The molecule has 1 fully saturated rings. The molecule has 0 atom stereocenters. The minimum absolute atomic E-state index is 0.159. The van der Waals surface area contributed by atoms with Crippen molar-refractivity contribution in [3.05, 3.63) is 35.9 Å². The van der Waals surface area contributed by atoms with Crippen molar-refractivity contribution in [3.8, 4) is 0 Å². The Bertz CT molecular complexity index is 508. The van der Waals surface area contributed by atoms with E-state index in [2.05, 4.69) is 0 Å². The lowest BCUT2D eigenvalue weighted by atomic mass is 10.1. The second kappa shape index (κ2) is 6.18. The second-order valence-electron chi connectivity index (χ2n) is 4.33. The third kappa shape index (κ3) is 3.44. The maximum absolute atomic E-state index is 11.7. The summed E-state index contributed by atoms with van der Waals surface area (Å²) < 4.78 is 4.82. The van der Waals surface area contributed by atoms with Crippen LogP contribution < -0.4 is 4.90 Å². The largest absolute Gasteiger partial charge is 0.463 e. The van der Waals surface area contributed by atoms with Crippen molar-refractivity contribution in [1.82, 2.24) is 0 Å². The molecule has 0 bridgehead atoms. The van der Waals surface area contributed by atoms with Crippen LogP contribution in [0.3, 0.4) is 0 Å². The van der Waals surface area contributed by atoms with E-state index in [1.807, 2.05) is 24.3 Å². The minimum Gasteiger partial charge on any atom is -0.463 e. The van der Waals surface area contributed by atoms with E-state index in [0.29, 0.717) is 13.0 Å². The molecule has 0 spiro atoms. The van der Waals surface area contributed by atoms with E-state index in [4.69, 9.17) is 4.74 Å². The fourth-order valence-corrected chi connectivity index (χ4v) is 2.07. The topological polar surface area (TPSA) is 46.6 Å². The third-order valence-corrected chi connectivity index (χ3v) is 2.95. The average molecular weight is 259 g/mol. The number of amides is 1. The number of hydrogen-bond acceptors (Lipinski definition) is 3. The van der Waals surface area contributed by atoms with Gasteiger partial charge in [0.15, 0.2) is 0 Å². The summed E-state index contributed by atoms with van der Waals surface area (Å²) in [6, 6.07) is 7.58. The number of anilines is 1. The second-order valence-corrected chi connectivity index (χ2v) is 4.33. The highest BCUT2D eigenvalue weighted by Gasteiger charge is 2.21. The van der Waals surface area contributed by atoms with Crippen LogP contribution in [0.2, 0.25) is 0 Å². The fraction of sp³-hybridized carbons (Fsp3) is 0.333. The lowest BCUT2D eigenvalue weighted by Crippen LogP contribution is -2.23. The molecule has 0 radical (unpaired) electrons. The molecule has 0 saturated carbocycles. The Hall–Kier alpha value is -2.10. The summed E-state index contributed by atoms with van der Waals surface area (Å²) >= 11 is 0. The Morgan fingerprint density at radius 2 is 2.32 bits per heavy atom. The van der Waals surface area contributed by atoms with Crippen molar-refractivity contribution in [1.29, 1.82) is 0 Å². The predicted octanol–water partition coefficient (Wildman–Crippen LogP) is 2.39. The van der Waals surface area contributed by atoms with Gasteiger partial charge < -0.3 is 9.64 Å². The number of carbonyl (C=O) groups is 2. The van der Waals surface area contributed by atoms with E-state index in [9.17, 15) is 9.59 Å². The molecule has 2 rings (SSSR count). The van der Waals surface area contributed by atoms with Gasteiger partial charge in [-0.2, -0.15) is 0 Å². The summed E-state index contributed by atoms with van der Waals surface area (Å²) in [6.07, 6.45) is 4.61. The van der Waals surface area contributed by atoms with Crippen molar-refractivity contribution in [2.45, 2.75) is 19.8 Å². The van der Waals surface area contributed by atoms with Gasteiger partial charge in [0.1, 0.15) is 0 Å². The van der Waals surface area contributed by atoms with Crippen LogP contribution >= 0.6 is 0 Å². The number of esters is 1. The van der Waals surface area contributed by atoms with Crippen molar-refractivity contribution in [2.75, 3.05) is 18.1 Å². The van der Waals surface area contributed by atoms with Crippen LogP contribution in [0.1, 0.15) is 25.3 Å². The van der Waals surface area contributed by atoms with Crippen molar-refractivity contribution < 1.29 is 14.3 Å². The Kier molecular flexibility index (Phi) is 4.34. The zero-order valence-electron chi connectivity index (χ0n) is 11.0. The summed E-state index contributed by atoms with van der Waals surface area (Å²) in [7, 11) is 0. The number of benzene rings is 1. The molecule has 4 nitrogen and oxygen atoms in total. The number of hydrogen-bond donors (Lipinski definition) is 0. The van der Waals surface area contributed by atoms with Gasteiger partial charge in [0, 0.05) is 24.7 Å². The van der Waals surface area contributed by atoms with Crippen LogP contribution in [0.4, 0.5) is 5.69 Å². The standard InChI is InChI=1S/C15H17NO3/c1-2-19-15(18)9-8-12-5-3-6-13(11-12)16-10-4-7-14(16)17/h3,5-6,8-9,11H,2,4,7,10H2,1H3/b9-8+. The molecule has 1 aliphatic rings. The molecule has 19 heavy (non-hydrogen) atoms. The molecule has 0 unspecified atom stereocenters. The highest BCUT2D eigenvalue weighted by atomic mass is 16.5. The molecule has 1 heterocycles. The van der Waals surface area contributed by atoms with E-state index in [0.717, 1.165) is 24.2 Å². The number of nitrogens with zero attached hydrogens (tertiary/aromatic N) is 1. The lowest BCUT2D eigenvalue weighted by Gasteiger charge is -2.15. The first-order chi connectivity index (χ1) is 9.20. The first-order valence-corrected chi connectivity index (χ1v) is 6.46. The molecule has 100 valence electrons. The van der Waals surface area contributed by atoms with E-state index in [1.54, 1.807) is 17.9 Å². The molecule has 1 aromatic carbocycles. The number of rotatable bonds is 4. The van der Waals surface area contributed by atoms with Gasteiger partial charge in [-0.1, -0.05) is 12.1 Å². The van der Waals surface area contributed by atoms with Gasteiger partial charge in [-0.05, 0) is 37.1 Å². The molecule has 0 N–H and O–H groups in total. The summed E-state index contributed by atoms with van der Waals surface area (Å²) in [5.41, 5.74) is 1.76. The van der Waals surface area contributed by atoms with Crippen LogP contribution in [0, 0.1) is 0 Å². The molecule has 0 aliphatic carbocycles. The molecular formula is C15H17NO3. The van der Waals surface area contributed by atoms with Crippen LogP contribution in [-0.4, -0.2) is 25.0 Å². The highest BCUT2D eigenvalue weighted by Crippen LogP contribution is 2.22. The molecule has 0 aromatic heterocycles. The van der Waals surface area contributed by atoms with E-state index in [1.165, 1.54) is 6.08 Å². The van der Waals surface area contributed by atoms with Crippen LogP contribution in [0.25, 0.3) is 6.08 Å². The zero-order chi connectivity index (χ0) is 13.7. The molecule has 1 saturated heterocycles. The smallest absolute Gasteiger partial charge is 0.330 e. The third-order valence-electron chi connectivity index (χ3n) is 2.95. The Labute approximate surface area is 112 Å². The first kappa shape index (κ1) is 13.3. The van der Waals surface area contributed by atoms with Gasteiger partial charge >= 0.3 is 5.97 Å². The molecular weight excluding hydrogens is 242 g/mol. The van der Waals surface area contributed by atoms with E-state index >= 15 is 0 Å². The molecule has 1 aromatic rings. The summed E-state index contributed by atoms with van der Waals surface area (Å²) in [4.78, 5) is 24.7. The first-order valence-electron chi connectivity index (χ1n) is 6.46. The normalized spacial score (nSPS) is 15.2. The predicted molar refractivity (Wildman–Crippen MR) is 73.7 cm³/mol. The monoisotopic (exact) mass is 259 g/mol. The van der Waals surface area contributed by atoms with Crippen molar-refractivity contribution in [2.24, 2.45) is 0 Å². The van der Waals surface area contributed by atoms with Gasteiger partial charge in [0.05, 0.1) is 6.61 Å². The zero-order valence-corrected chi connectivity index (χ0v) is 11.0. The summed E-state index contributed by atoms with van der Waals surface area (Å²) in [5.74, 6) is -0.198. The average Bonchev–Trinajstić information content (AvgIpc) is 2.83. The Morgan fingerprint density at radius 3 is 3.00 bits per heavy atom. The van der Waals surface area contributed by atoms with Gasteiger partial charge in [0.2, 0.25) is 5.91 Å². The maximum atomic E-state index is 11.7. The maximum Gasteiger partial charge on any atom is 0.330 e. The van der Waals surface area contributed by atoms with Crippen molar-refractivity contribution in [3.63, 3.8) is 0 Å². The molecule has 1 amide bonds. The molecule has 4 heteroatoms.